The highest BCUT2D eigenvalue weighted by Gasteiger charge is 2.59. The number of carbonyl (C=O) groups is 1. The van der Waals surface area contributed by atoms with Crippen molar-refractivity contribution in [3.63, 3.8) is 0 Å². The zero-order valence-corrected chi connectivity index (χ0v) is 13.4. The summed E-state index contributed by atoms with van der Waals surface area (Å²) in [5.74, 6) is 0. The lowest BCUT2D eigenvalue weighted by atomic mass is 9.70. The van der Waals surface area contributed by atoms with Gasteiger partial charge in [0.05, 0.1) is 20.6 Å². The van der Waals surface area contributed by atoms with E-state index in [1.54, 1.807) is 0 Å². The molecule has 0 aromatic rings. The van der Waals surface area contributed by atoms with Gasteiger partial charge in [0, 0.05) is 12.0 Å². The number of likely N-dealkylation sites (N-methyl/N-ethyl adjacent to an activating group) is 1. The predicted molar refractivity (Wildman–Crippen MR) is 78.8 cm³/mol. The minimum Gasteiger partial charge on any atom is -0.326 e. The summed E-state index contributed by atoms with van der Waals surface area (Å²) in [7, 11) is 3.81. The third-order valence-corrected chi connectivity index (χ3v) is 5.55. The topological polar surface area (TPSA) is 29.5 Å². The van der Waals surface area contributed by atoms with Crippen molar-refractivity contribution in [1.82, 2.24) is 4.90 Å². The highest BCUT2D eigenvalue weighted by atomic mass is 16.5. The number of quaternary nitrogens is 1. The first-order chi connectivity index (χ1) is 9.15. The summed E-state index contributed by atoms with van der Waals surface area (Å²) in [6.07, 6.45) is 10.3. The monoisotopic (exact) mass is 279 g/mol. The molecule has 4 nitrogen and oxygen atoms in total. The molecule has 2 aliphatic heterocycles. The molecule has 0 radical (unpaired) electrons. The molecule has 1 amide bonds. The Kier molecular flexibility index (Phi) is 3.64. The van der Waals surface area contributed by atoms with Crippen molar-refractivity contribution in [3.8, 4) is 12.5 Å². The van der Waals surface area contributed by atoms with Crippen LogP contribution in [0, 0.1) is 17.9 Å². The fraction of sp³-hybridized carbons (Fsp3) is 0.812. The lowest BCUT2D eigenvalue weighted by molar-refractivity contribution is -0.841. The van der Waals surface area contributed by atoms with Crippen LogP contribution < -0.4 is 0 Å². The third kappa shape index (κ3) is 2.13. The van der Waals surface area contributed by atoms with Gasteiger partial charge >= 0.3 is 6.09 Å². The molecule has 0 aromatic carbocycles. The van der Waals surface area contributed by atoms with Crippen LogP contribution in [0.25, 0.3) is 0 Å². The maximum atomic E-state index is 12.1. The Balaban J connectivity index is 2.24. The van der Waals surface area contributed by atoms with Crippen molar-refractivity contribution in [2.45, 2.75) is 51.6 Å². The second kappa shape index (κ2) is 4.75. The predicted octanol–water partition coefficient (Wildman–Crippen LogP) is 2.44. The van der Waals surface area contributed by atoms with Crippen molar-refractivity contribution in [2.24, 2.45) is 5.41 Å². The molecule has 0 N–H and O–H groups in total. The lowest BCUT2D eigenvalue weighted by Crippen LogP contribution is -2.54. The van der Waals surface area contributed by atoms with Crippen LogP contribution >= 0.6 is 0 Å². The van der Waals surface area contributed by atoms with Gasteiger partial charge in [0.25, 0.3) is 0 Å². The van der Waals surface area contributed by atoms with Crippen molar-refractivity contribution in [2.75, 3.05) is 27.2 Å². The molecule has 2 unspecified atom stereocenters. The maximum absolute atomic E-state index is 12.1. The highest BCUT2D eigenvalue weighted by molar-refractivity contribution is 5.61. The Morgan fingerprint density at radius 1 is 1.45 bits per heavy atom. The molecule has 0 spiro atoms. The van der Waals surface area contributed by atoms with Gasteiger partial charge in [0.2, 0.25) is 0 Å². The molecule has 2 atom stereocenters. The van der Waals surface area contributed by atoms with Crippen LogP contribution in [0.2, 0.25) is 0 Å². The first kappa shape index (κ1) is 15.3. The minimum absolute atomic E-state index is 0.207. The number of rotatable bonds is 1. The molecule has 2 aliphatic rings. The molecule has 0 bridgehead atoms. The number of ether oxygens (including phenoxy) is 1. The Morgan fingerprint density at radius 2 is 2.10 bits per heavy atom. The first-order valence-electron chi connectivity index (χ1n) is 7.41. The molecule has 0 aromatic heterocycles. The van der Waals surface area contributed by atoms with E-state index in [0.717, 1.165) is 19.5 Å². The van der Waals surface area contributed by atoms with E-state index in [1.807, 2.05) is 20.2 Å². The van der Waals surface area contributed by atoms with Crippen LogP contribution in [0.5, 0.6) is 0 Å². The van der Waals surface area contributed by atoms with Crippen molar-refractivity contribution < 1.29 is 14.0 Å². The van der Waals surface area contributed by atoms with Crippen molar-refractivity contribution in [3.05, 3.63) is 0 Å². The fourth-order valence-electron chi connectivity index (χ4n) is 4.05. The van der Waals surface area contributed by atoms with Gasteiger partial charge in [-0.05, 0) is 24.8 Å². The Morgan fingerprint density at radius 3 is 2.60 bits per heavy atom. The Hall–Kier alpha value is -1.05. The zero-order chi connectivity index (χ0) is 15.2. The quantitative estimate of drug-likeness (QED) is 0.545. The van der Waals surface area contributed by atoms with Gasteiger partial charge in [-0.15, -0.1) is 0 Å². The van der Waals surface area contributed by atoms with Gasteiger partial charge in [-0.3, -0.25) is 4.90 Å². The third-order valence-electron chi connectivity index (χ3n) is 5.55. The lowest BCUT2D eigenvalue weighted by Gasteiger charge is -2.44. The summed E-state index contributed by atoms with van der Waals surface area (Å²) in [6, 6.07) is 0.246. The first-order valence-corrected chi connectivity index (χ1v) is 7.41. The number of nitrogens with zero attached hydrogens (tertiary/aromatic N) is 2. The van der Waals surface area contributed by atoms with Crippen LogP contribution in [0.15, 0.2) is 0 Å². The van der Waals surface area contributed by atoms with E-state index in [2.05, 4.69) is 25.7 Å². The number of carbonyl (C=O) groups excluding carboxylic acids is 1. The number of terminal acetylenes is 1. The Labute approximate surface area is 122 Å². The summed E-state index contributed by atoms with van der Waals surface area (Å²) in [5.41, 5.74) is 0.428. The average molecular weight is 279 g/mol. The van der Waals surface area contributed by atoms with Crippen molar-refractivity contribution in [1.29, 1.82) is 0 Å². The molecular formula is C16H27N2O2+. The number of amides is 1. The molecular weight excluding hydrogens is 252 g/mol. The second-order valence-electron chi connectivity index (χ2n) is 7.71. The van der Waals surface area contributed by atoms with Gasteiger partial charge in [-0.25, -0.2) is 4.48 Å². The average Bonchev–Trinajstić information content (AvgIpc) is 2.85. The minimum atomic E-state index is -0.331. The van der Waals surface area contributed by atoms with Crippen LogP contribution in [-0.4, -0.2) is 54.2 Å². The molecule has 20 heavy (non-hydrogen) atoms. The summed E-state index contributed by atoms with van der Waals surface area (Å²) < 4.78 is 5.01. The van der Waals surface area contributed by atoms with Gasteiger partial charge in [-0.2, -0.15) is 4.79 Å². The van der Waals surface area contributed by atoms with Gasteiger partial charge in [-0.1, -0.05) is 27.2 Å². The van der Waals surface area contributed by atoms with Crippen molar-refractivity contribution >= 4 is 6.09 Å². The smallest absolute Gasteiger partial charge is 0.326 e. The molecule has 2 saturated heterocycles. The van der Waals surface area contributed by atoms with E-state index in [1.165, 1.54) is 12.8 Å². The highest BCUT2D eigenvalue weighted by Crippen LogP contribution is 2.51. The SMILES string of the molecule is C#COC(=O)[N+](C)(C)C1CN2CCCC2(C(C)(C)C)C1. The molecule has 0 aliphatic carbocycles. The zero-order valence-electron chi connectivity index (χ0n) is 13.4. The van der Waals surface area contributed by atoms with Crippen LogP contribution in [0.3, 0.4) is 0 Å². The van der Waals surface area contributed by atoms with E-state index in [4.69, 9.17) is 11.2 Å². The van der Waals surface area contributed by atoms with Crippen LogP contribution in [0.1, 0.15) is 40.0 Å². The Bertz CT molecular complexity index is 444. The standard InChI is InChI=1S/C16H27N2O2/c1-7-20-14(19)18(5,6)13-11-16(15(2,3)4)9-8-10-17(16)12-13/h1,13H,8-12H2,2-6H3/q+1. The maximum Gasteiger partial charge on any atom is 0.530 e. The molecule has 2 heterocycles. The van der Waals surface area contributed by atoms with E-state index in [-0.39, 0.29) is 27.6 Å². The second-order valence-corrected chi connectivity index (χ2v) is 7.71. The molecule has 2 fully saturated rings. The number of hydrogen-bond acceptors (Lipinski definition) is 3. The molecule has 112 valence electrons. The summed E-state index contributed by atoms with van der Waals surface area (Å²) in [5, 5.41) is 0. The normalized spacial score (nSPS) is 30.9. The molecule has 0 saturated carbocycles. The number of hydrogen-bond donors (Lipinski definition) is 0. The summed E-state index contributed by atoms with van der Waals surface area (Å²) in [6.45, 7) is 9.02. The van der Waals surface area contributed by atoms with E-state index < -0.39 is 0 Å². The number of fused-ring (bicyclic) bond motifs is 1. The largest absolute Gasteiger partial charge is 0.530 e. The van der Waals surface area contributed by atoms with Crippen LogP contribution in [-0.2, 0) is 4.74 Å². The van der Waals surface area contributed by atoms with E-state index in [0.29, 0.717) is 0 Å². The van der Waals surface area contributed by atoms with Gasteiger partial charge in [0.15, 0.2) is 0 Å². The summed E-state index contributed by atoms with van der Waals surface area (Å²) >= 11 is 0. The summed E-state index contributed by atoms with van der Waals surface area (Å²) in [4.78, 5) is 14.7. The van der Waals surface area contributed by atoms with Crippen LogP contribution in [0.4, 0.5) is 4.79 Å². The van der Waals surface area contributed by atoms with Gasteiger partial charge < -0.3 is 4.74 Å². The van der Waals surface area contributed by atoms with Gasteiger partial charge in [0.1, 0.15) is 12.1 Å². The molecule has 2 rings (SSSR count). The molecule has 4 heteroatoms. The van der Waals surface area contributed by atoms with E-state index >= 15 is 0 Å². The fourth-order valence-corrected chi connectivity index (χ4v) is 4.05. The van der Waals surface area contributed by atoms with E-state index in [9.17, 15) is 4.79 Å².